The molecule has 1 aromatic heterocycles. The molecule has 0 bridgehead atoms. The molecule has 0 aliphatic rings. The maximum Gasteiger partial charge on any atom is 0.228 e. The summed E-state index contributed by atoms with van der Waals surface area (Å²) in [6, 6.07) is 12.1. The van der Waals surface area contributed by atoms with E-state index in [1.165, 1.54) is 0 Å². The van der Waals surface area contributed by atoms with Crippen molar-refractivity contribution in [2.24, 2.45) is 0 Å². The van der Waals surface area contributed by atoms with Crippen LogP contribution in [0.2, 0.25) is 5.02 Å². The van der Waals surface area contributed by atoms with Crippen LogP contribution in [0, 0.1) is 6.92 Å². The van der Waals surface area contributed by atoms with Crippen molar-refractivity contribution in [3.63, 3.8) is 0 Å². The van der Waals surface area contributed by atoms with Gasteiger partial charge in [-0.25, -0.2) is 0 Å². The maximum atomic E-state index is 12.5. The molecule has 3 nitrogen and oxygen atoms in total. The summed E-state index contributed by atoms with van der Waals surface area (Å²) in [5.74, 6) is 0.182. The van der Waals surface area contributed by atoms with Gasteiger partial charge in [0.15, 0.2) is 5.76 Å². The number of nitrogen functional groups attached to an aromatic ring is 1. The van der Waals surface area contributed by atoms with Gasteiger partial charge in [-0.2, -0.15) is 0 Å². The Kier molecular flexibility index (Phi) is 2.99. The molecule has 20 heavy (non-hydrogen) atoms. The predicted octanol–water partition coefficient (Wildman–Crippen LogP) is 4.21. The number of carbonyl (C=O) groups excluding carboxylic acids is 1. The summed E-state index contributed by atoms with van der Waals surface area (Å²) in [4.78, 5) is 12.5. The summed E-state index contributed by atoms with van der Waals surface area (Å²) in [6.45, 7) is 1.87. The molecule has 0 spiro atoms. The van der Waals surface area contributed by atoms with Gasteiger partial charge in [-0.15, -0.1) is 0 Å². The summed E-state index contributed by atoms with van der Waals surface area (Å²) in [6.07, 6.45) is 0. The van der Waals surface area contributed by atoms with E-state index in [0.717, 1.165) is 10.9 Å². The van der Waals surface area contributed by atoms with E-state index in [4.69, 9.17) is 21.8 Å². The van der Waals surface area contributed by atoms with E-state index in [9.17, 15) is 4.79 Å². The minimum atomic E-state index is -0.158. The zero-order valence-electron chi connectivity index (χ0n) is 10.8. The van der Waals surface area contributed by atoms with Crippen molar-refractivity contribution in [2.45, 2.75) is 6.92 Å². The number of halogens is 1. The highest BCUT2D eigenvalue weighted by Gasteiger charge is 2.19. The third-order valence-electron chi connectivity index (χ3n) is 3.27. The van der Waals surface area contributed by atoms with Gasteiger partial charge < -0.3 is 10.2 Å². The first-order valence-corrected chi connectivity index (χ1v) is 6.53. The third-order valence-corrected chi connectivity index (χ3v) is 3.53. The molecule has 3 aromatic rings. The van der Waals surface area contributed by atoms with Crippen molar-refractivity contribution >= 4 is 34.0 Å². The van der Waals surface area contributed by atoms with E-state index in [1.807, 2.05) is 13.0 Å². The number of aryl methyl sites for hydroxylation is 1. The van der Waals surface area contributed by atoms with Gasteiger partial charge in [-0.3, -0.25) is 4.79 Å². The zero-order chi connectivity index (χ0) is 14.3. The van der Waals surface area contributed by atoms with Crippen molar-refractivity contribution < 1.29 is 9.21 Å². The minimum Gasteiger partial charge on any atom is -0.452 e. The van der Waals surface area contributed by atoms with Crippen LogP contribution in [0.4, 0.5) is 5.69 Å². The number of fused-ring (bicyclic) bond motifs is 1. The first-order valence-electron chi connectivity index (χ1n) is 6.15. The number of rotatable bonds is 2. The molecule has 0 aliphatic carbocycles. The monoisotopic (exact) mass is 285 g/mol. The zero-order valence-corrected chi connectivity index (χ0v) is 11.6. The second kappa shape index (κ2) is 4.69. The minimum absolute atomic E-state index is 0.158. The van der Waals surface area contributed by atoms with Gasteiger partial charge in [-0.05, 0) is 43.3 Å². The normalized spacial score (nSPS) is 10.9. The molecule has 0 saturated heterocycles. The Bertz CT molecular complexity index is 803. The second-order valence-corrected chi connectivity index (χ2v) is 5.08. The molecule has 2 aromatic carbocycles. The SMILES string of the molecule is Cc1c(C(=O)c2ccc(Cl)cc2)oc2cc(N)ccc12. The fourth-order valence-electron chi connectivity index (χ4n) is 2.19. The molecular formula is C16H12ClNO2. The number of ketones is 1. The third kappa shape index (κ3) is 2.06. The number of furan rings is 1. The fraction of sp³-hybridized carbons (Fsp3) is 0.0625. The van der Waals surface area contributed by atoms with Gasteiger partial charge in [0.05, 0.1) is 0 Å². The number of carbonyl (C=O) groups is 1. The summed E-state index contributed by atoms with van der Waals surface area (Å²) >= 11 is 5.83. The first kappa shape index (κ1) is 12.8. The van der Waals surface area contributed by atoms with Crippen LogP contribution in [0.3, 0.4) is 0 Å². The molecule has 4 heteroatoms. The van der Waals surface area contributed by atoms with E-state index < -0.39 is 0 Å². The predicted molar refractivity (Wildman–Crippen MR) is 80.2 cm³/mol. The molecule has 100 valence electrons. The molecule has 2 N–H and O–H groups in total. The lowest BCUT2D eigenvalue weighted by Gasteiger charge is -1.99. The molecule has 0 amide bonds. The van der Waals surface area contributed by atoms with E-state index in [0.29, 0.717) is 27.6 Å². The topological polar surface area (TPSA) is 56.2 Å². The molecule has 0 aliphatic heterocycles. The Labute approximate surface area is 120 Å². The molecule has 0 atom stereocenters. The van der Waals surface area contributed by atoms with Gasteiger partial charge in [0, 0.05) is 33.3 Å². The highest BCUT2D eigenvalue weighted by molar-refractivity contribution is 6.30. The van der Waals surface area contributed by atoms with Crippen LogP contribution in [0.1, 0.15) is 21.7 Å². The Morgan fingerprint density at radius 1 is 1.15 bits per heavy atom. The quantitative estimate of drug-likeness (QED) is 0.567. The summed E-state index contributed by atoms with van der Waals surface area (Å²) < 4.78 is 5.66. The largest absolute Gasteiger partial charge is 0.452 e. The van der Waals surface area contributed by atoms with Crippen LogP contribution in [0.5, 0.6) is 0 Å². The fourth-order valence-corrected chi connectivity index (χ4v) is 2.32. The molecule has 3 rings (SSSR count). The van der Waals surface area contributed by atoms with Crippen LogP contribution in [0.15, 0.2) is 46.9 Å². The number of benzene rings is 2. The Morgan fingerprint density at radius 3 is 2.55 bits per heavy atom. The Balaban J connectivity index is 2.12. The Hall–Kier alpha value is -2.26. The standard InChI is InChI=1S/C16H12ClNO2/c1-9-13-7-6-12(18)8-14(13)20-16(9)15(19)10-2-4-11(17)5-3-10/h2-8H,18H2,1H3. The summed E-state index contributed by atoms with van der Waals surface area (Å²) in [5.41, 5.74) is 8.33. The molecule has 0 radical (unpaired) electrons. The van der Waals surface area contributed by atoms with Crippen molar-refractivity contribution in [3.05, 3.63) is 64.4 Å². The molecule has 0 saturated carbocycles. The van der Waals surface area contributed by atoms with Gasteiger partial charge >= 0.3 is 0 Å². The number of nitrogens with two attached hydrogens (primary N) is 1. The Morgan fingerprint density at radius 2 is 1.85 bits per heavy atom. The molecule has 0 unspecified atom stereocenters. The summed E-state index contributed by atoms with van der Waals surface area (Å²) in [5, 5.41) is 1.49. The average Bonchev–Trinajstić information content (AvgIpc) is 2.75. The lowest BCUT2D eigenvalue weighted by atomic mass is 10.0. The smallest absolute Gasteiger partial charge is 0.228 e. The molecular weight excluding hydrogens is 274 g/mol. The van der Waals surface area contributed by atoms with Crippen molar-refractivity contribution in [3.8, 4) is 0 Å². The van der Waals surface area contributed by atoms with E-state index in [1.54, 1.807) is 36.4 Å². The van der Waals surface area contributed by atoms with Gasteiger partial charge in [-0.1, -0.05) is 11.6 Å². The molecule has 0 fully saturated rings. The lowest BCUT2D eigenvalue weighted by Crippen LogP contribution is -2.00. The van der Waals surface area contributed by atoms with Gasteiger partial charge in [0.2, 0.25) is 5.78 Å². The van der Waals surface area contributed by atoms with Gasteiger partial charge in [0.25, 0.3) is 0 Å². The van der Waals surface area contributed by atoms with Crippen LogP contribution in [0.25, 0.3) is 11.0 Å². The summed E-state index contributed by atoms with van der Waals surface area (Å²) in [7, 11) is 0. The number of anilines is 1. The van der Waals surface area contributed by atoms with Crippen LogP contribution < -0.4 is 5.73 Å². The average molecular weight is 286 g/mol. The second-order valence-electron chi connectivity index (χ2n) is 4.65. The number of hydrogen-bond acceptors (Lipinski definition) is 3. The lowest BCUT2D eigenvalue weighted by molar-refractivity contribution is 0.101. The maximum absolute atomic E-state index is 12.5. The number of hydrogen-bond donors (Lipinski definition) is 1. The highest BCUT2D eigenvalue weighted by Crippen LogP contribution is 2.28. The van der Waals surface area contributed by atoms with E-state index >= 15 is 0 Å². The van der Waals surface area contributed by atoms with Crippen molar-refractivity contribution in [1.82, 2.24) is 0 Å². The van der Waals surface area contributed by atoms with E-state index in [-0.39, 0.29) is 5.78 Å². The van der Waals surface area contributed by atoms with Crippen LogP contribution >= 0.6 is 11.6 Å². The molecule has 1 heterocycles. The van der Waals surface area contributed by atoms with Crippen LogP contribution in [-0.2, 0) is 0 Å². The highest BCUT2D eigenvalue weighted by atomic mass is 35.5. The van der Waals surface area contributed by atoms with Crippen LogP contribution in [-0.4, -0.2) is 5.78 Å². The first-order chi connectivity index (χ1) is 9.56. The van der Waals surface area contributed by atoms with E-state index in [2.05, 4.69) is 0 Å². The van der Waals surface area contributed by atoms with Gasteiger partial charge in [0.1, 0.15) is 5.58 Å². The van der Waals surface area contributed by atoms with Crippen molar-refractivity contribution in [1.29, 1.82) is 0 Å². The van der Waals surface area contributed by atoms with Crippen molar-refractivity contribution in [2.75, 3.05) is 5.73 Å².